The molecule has 0 radical (unpaired) electrons. The molecule has 15 heavy (non-hydrogen) atoms. The second-order valence-electron chi connectivity index (χ2n) is 4.42. The van der Waals surface area contributed by atoms with Gasteiger partial charge in [0.1, 0.15) is 0 Å². The first-order valence-corrected chi connectivity index (χ1v) is 8.53. The maximum absolute atomic E-state index is 6.09. The van der Waals surface area contributed by atoms with Gasteiger partial charge in [0.05, 0.1) is 0 Å². The Kier molecular flexibility index (Phi) is 7.16. The zero-order chi connectivity index (χ0) is 12.1. The molecular weight excluding hydrogens is 224 g/mol. The van der Waals surface area contributed by atoms with Crippen LogP contribution < -0.4 is 0 Å². The van der Waals surface area contributed by atoms with E-state index < -0.39 is 8.56 Å². The number of thiol groups is 1. The fourth-order valence-corrected chi connectivity index (χ4v) is 6.00. The molecule has 0 N–H and O–H groups in total. The summed E-state index contributed by atoms with van der Waals surface area (Å²) in [6, 6.07) is 0.964. The van der Waals surface area contributed by atoms with Crippen molar-refractivity contribution >= 4 is 21.2 Å². The molecule has 0 amide bonds. The van der Waals surface area contributed by atoms with Gasteiger partial charge in [-0.25, -0.2) is 0 Å². The van der Waals surface area contributed by atoms with Crippen molar-refractivity contribution in [2.24, 2.45) is 0 Å². The van der Waals surface area contributed by atoms with Crippen molar-refractivity contribution in [3.8, 4) is 0 Å². The maximum atomic E-state index is 6.09. The lowest BCUT2D eigenvalue weighted by Gasteiger charge is -2.37. The number of rotatable bonds is 7. The van der Waals surface area contributed by atoms with Crippen molar-refractivity contribution in [2.45, 2.75) is 71.1 Å². The van der Waals surface area contributed by atoms with Crippen molar-refractivity contribution in [3.05, 3.63) is 0 Å². The van der Waals surface area contributed by atoms with Crippen LogP contribution in [0.1, 0.15) is 48.0 Å². The molecule has 0 aromatic heterocycles. The first-order chi connectivity index (χ1) is 6.88. The second-order valence-corrected chi connectivity index (χ2v) is 9.03. The molecule has 0 bridgehead atoms. The van der Waals surface area contributed by atoms with Gasteiger partial charge in [0, 0.05) is 17.1 Å². The molecule has 92 valence electrons. The number of hydrogen-bond acceptors (Lipinski definition) is 3. The monoisotopic (exact) mass is 250 g/mol. The van der Waals surface area contributed by atoms with Crippen molar-refractivity contribution in [2.75, 3.05) is 0 Å². The van der Waals surface area contributed by atoms with Gasteiger partial charge in [0.15, 0.2) is 0 Å². The molecule has 0 spiro atoms. The summed E-state index contributed by atoms with van der Waals surface area (Å²) in [6.45, 7) is 12.6. The highest BCUT2D eigenvalue weighted by atomic mass is 32.1. The second kappa shape index (κ2) is 6.94. The maximum Gasteiger partial charge on any atom is 0.351 e. The molecule has 1 atom stereocenters. The zero-order valence-corrected chi connectivity index (χ0v) is 12.8. The van der Waals surface area contributed by atoms with Crippen molar-refractivity contribution in [1.82, 2.24) is 0 Å². The number of hydrogen-bond donors (Lipinski definition) is 1. The minimum absolute atomic E-state index is 0.219. The average Bonchev–Trinajstić information content (AvgIpc) is 2.13. The summed E-state index contributed by atoms with van der Waals surface area (Å²) in [6.07, 6.45) is 1.44. The quantitative estimate of drug-likeness (QED) is 0.550. The van der Waals surface area contributed by atoms with Crippen LogP contribution in [0.5, 0.6) is 0 Å². The smallest absolute Gasteiger partial charge is 0.351 e. The third-order valence-electron chi connectivity index (χ3n) is 2.26. The van der Waals surface area contributed by atoms with E-state index in [1.165, 1.54) is 0 Å². The van der Waals surface area contributed by atoms with E-state index in [1.807, 2.05) is 0 Å². The molecular formula is C11H26O2SSi. The molecule has 0 rings (SSSR count). The van der Waals surface area contributed by atoms with E-state index in [0.29, 0.717) is 0 Å². The highest BCUT2D eigenvalue weighted by Gasteiger charge is 2.43. The van der Waals surface area contributed by atoms with Crippen molar-refractivity contribution in [3.63, 3.8) is 0 Å². The molecule has 1 unspecified atom stereocenters. The zero-order valence-electron chi connectivity index (χ0n) is 10.9. The minimum atomic E-state index is -2.13. The molecule has 0 saturated carbocycles. The lowest BCUT2D eigenvalue weighted by Crippen LogP contribution is -2.53. The fraction of sp³-hybridized carbons (Fsp3) is 1.00. The van der Waals surface area contributed by atoms with E-state index in [9.17, 15) is 0 Å². The molecule has 0 saturated heterocycles. The van der Waals surface area contributed by atoms with Gasteiger partial charge in [-0.3, -0.25) is 0 Å². The average molecular weight is 250 g/mol. The Labute approximate surface area is 101 Å². The molecule has 0 aliphatic carbocycles. The van der Waals surface area contributed by atoms with E-state index in [1.54, 1.807) is 0 Å². The highest BCUT2D eigenvalue weighted by Crippen LogP contribution is 2.27. The summed E-state index contributed by atoms with van der Waals surface area (Å²) in [5, 5.41) is 0. The summed E-state index contributed by atoms with van der Waals surface area (Å²) >= 11 is 4.65. The third-order valence-corrected chi connectivity index (χ3v) is 7.95. The van der Waals surface area contributed by atoms with E-state index in [4.69, 9.17) is 8.85 Å². The third kappa shape index (κ3) is 4.89. The van der Waals surface area contributed by atoms with Crippen molar-refractivity contribution < 1.29 is 8.85 Å². The Balaban J connectivity index is 4.74. The Bertz CT molecular complexity index is 164. The SMILES string of the molecule is CCC(S)[Si](CC)(OC(C)C)OC(C)C. The Morgan fingerprint density at radius 1 is 1.00 bits per heavy atom. The Morgan fingerprint density at radius 2 is 1.40 bits per heavy atom. The topological polar surface area (TPSA) is 18.5 Å². The molecule has 0 heterocycles. The summed E-state index contributed by atoms with van der Waals surface area (Å²) < 4.78 is 12.2. The molecule has 0 aliphatic rings. The van der Waals surface area contributed by atoms with Crippen LogP contribution in [0.15, 0.2) is 0 Å². The predicted octanol–water partition coefficient (Wildman–Crippen LogP) is 3.55. The van der Waals surface area contributed by atoms with Crippen LogP contribution in [0, 0.1) is 0 Å². The van der Waals surface area contributed by atoms with Crippen LogP contribution in [0.25, 0.3) is 0 Å². The van der Waals surface area contributed by atoms with E-state index in [2.05, 4.69) is 54.2 Å². The molecule has 4 heteroatoms. The molecule has 0 fully saturated rings. The van der Waals surface area contributed by atoms with Crippen LogP contribution >= 0.6 is 12.6 Å². The Hall–Kier alpha value is 0.487. The van der Waals surface area contributed by atoms with Gasteiger partial charge in [0.2, 0.25) is 0 Å². The van der Waals surface area contributed by atoms with E-state index >= 15 is 0 Å². The van der Waals surface area contributed by atoms with Crippen LogP contribution in [0.2, 0.25) is 6.04 Å². The molecule has 2 nitrogen and oxygen atoms in total. The summed E-state index contributed by atoms with van der Waals surface area (Å²) in [5.74, 6) is 0. The van der Waals surface area contributed by atoms with Gasteiger partial charge in [-0.1, -0.05) is 13.8 Å². The molecule has 0 aromatic carbocycles. The minimum Gasteiger partial charge on any atom is -0.391 e. The van der Waals surface area contributed by atoms with E-state index in [-0.39, 0.29) is 17.1 Å². The van der Waals surface area contributed by atoms with Crippen LogP contribution in [-0.4, -0.2) is 25.6 Å². The largest absolute Gasteiger partial charge is 0.391 e. The van der Waals surface area contributed by atoms with Crippen LogP contribution in [-0.2, 0) is 8.85 Å². The summed E-state index contributed by atoms with van der Waals surface area (Å²) in [5.41, 5.74) is 0. The molecule has 0 aliphatic heterocycles. The van der Waals surface area contributed by atoms with Gasteiger partial charge in [-0.05, 0) is 40.2 Å². The van der Waals surface area contributed by atoms with Gasteiger partial charge < -0.3 is 8.85 Å². The van der Waals surface area contributed by atoms with Gasteiger partial charge in [0.25, 0.3) is 0 Å². The lowest BCUT2D eigenvalue weighted by molar-refractivity contribution is 0.103. The van der Waals surface area contributed by atoms with Gasteiger partial charge in [-0.15, -0.1) is 0 Å². The summed E-state index contributed by atoms with van der Waals surface area (Å²) in [4.78, 5) is 0.257. The predicted molar refractivity (Wildman–Crippen MR) is 71.7 cm³/mol. The van der Waals surface area contributed by atoms with E-state index in [0.717, 1.165) is 12.5 Å². The lowest BCUT2D eigenvalue weighted by atomic mass is 10.5. The normalized spacial score (nSPS) is 15.0. The first-order valence-electron chi connectivity index (χ1n) is 5.91. The van der Waals surface area contributed by atoms with Gasteiger partial charge in [-0.2, -0.15) is 12.6 Å². The summed E-state index contributed by atoms with van der Waals surface area (Å²) in [7, 11) is -2.13. The Morgan fingerprint density at radius 3 is 1.60 bits per heavy atom. The highest BCUT2D eigenvalue weighted by molar-refractivity contribution is 7.83. The van der Waals surface area contributed by atoms with Crippen LogP contribution in [0.4, 0.5) is 0 Å². The fourth-order valence-electron chi connectivity index (χ4n) is 1.70. The van der Waals surface area contributed by atoms with Crippen molar-refractivity contribution in [1.29, 1.82) is 0 Å². The van der Waals surface area contributed by atoms with Gasteiger partial charge >= 0.3 is 8.56 Å². The van der Waals surface area contributed by atoms with Crippen LogP contribution in [0.3, 0.4) is 0 Å². The molecule has 0 aromatic rings. The standard InChI is InChI=1S/C11H26O2SSi/c1-7-11(14)15(8-2,12-9(3)4)13-10(5)6/h9-11,14H,7-8H2,1-6H3. The first kappa shape index (κ1) is 15.5.